The molecule has 0 aromatic heterocycles. The van der Waals surface area contributed by atoms with E-state index >= 15 is 0 Å². The van der Waals surface area contributed by atoms with Gasteiger partial charge in [-0.1, -0.05) is 177 Å². The van der Waals surface area contributed by atoms with Gasteiger partial charge in [-0.15, -0.1) is 0 Å². The molecule has 410 valence electrons. The van der Waals surface area contributed by atoms with Crippen molar-refractivity contribution in [1.29, 1.82) is 0 Å². The van der Waals surface area contributed by atoms with Crippen molar-refractivity contribution in [2.24, 2.45) is 0 Å². The number of carbonyl (C=O) groups is 2. The third-order valence-electron chi connectivity index (χ3n) is 13.0. The number of ether oxygens (including phenoxy) is 3. The van der Waals surface area contributed by atoms with Gasteiger partial charge in [-0.05, 0) is 116 Å². The summed E-state index contributed by atoms with van der Waals surface area (Å²) in [5, 5.41) is 54.1. The van der Waals surface area contributed by atoms with Gasteiger partial charge in [-0.25, -0.2) is 0 Å². The molecule has 11 nitrogen and oxygen atoms in total. The average molecular weight is 1000 g/mol. The third kappa shape index (κ3) is 39.3. The van der Waals surface area contributed by atoms with Crippen molar-refractivity contribution in [2.45, 2.75) is 275 Å². The van der Waals surface area contributed by atoms with Crippen LogP contribution < -0.4 is 5.32 Å². The fraction of sp³-hybridized carbons (Fsp3) is 0.767. The summed E-state index contributed by atoms with van der Waals surface area (Å²) in [5.41, 5.74) is 0. The lowest BCUT2D eigenvalue weighted by Crippen LogP contribution is -2.60. The lowest BCUT2D eigenvalue weighted by Gasteiger charge is -2.40. The molecule has 1 aliphatic heterocycles. The first kappa shape index (κ1) is 66.1. The van der Waals surface area contributed by atoms with Crippen molar-refractivity contribution in [2.75, 3.05) is 19.8 Å². The Labute approximate surface area is 432 Å². The number of esters is 1. The van der Waals surface area contributed by atoms with Crippen molar-refractivity contribution in [1.82, 2.24) is 5.32 Å². The molecule has 0 aromatic carbocycles. The lowest BCUT2D eigenvalue weighted by molar-refractivity contribution is -0.302. The molecule has 1 heterocycles. The first-order valence-electron chi connectivity index (χ1n) is 28.7. The van der Waals surface area contributed by atoms with Gasteiger partial charge in [0.25, 0.3) is 0 Å². The monoisotopic (exact) mass is 1000 g/mol. The lowest BCUT2D eigenvalue weighted by atomic mass is 9.99. The van der Waals surface area contributed by atoms with Gasteiger partial charge in [0, 0.05) is 12.8 Å². The van der Waals surface area contributed by atoms with Crippen LogP contribution in [0.25, 0.3) is 0 Å². The molecule has 6 N–H and O–H groups in total. The fourth-order valence-corrected chi connectivity index (χ4v) is 8.44. The Morgan fingerprint density at radius 2 is 1.00 bits per heavy atom. The number of hydrogen-bond donors (Lipinski definition) is 6. The molecule has 11 heteroatoms. The summed E-state index contributed by atoms with van der Waals surface area (Å²) in [7, 11) is 0. The van der Waals surface area contributed by atoms with Gasteiger partial charge < -0.3 is 45.1 Å². The predicted molar refractivity (Wildman–Crippen MR) is 292 cm³/mol. The molecular weight excluding hydrogens is 895 g/mol. The van der Waals surface area contributed by atoms with Gasteiger partial charge in [0.1, 0.15) is 24.4 Å². The largest absolute Gasteiger partial charge is 0.466 e. The minimum absolute atomic E-state index is 0.0422. The van der Waals surface area contributed by atoms with Gasteiger partial charge in [0.05, 0.1) is 32.0 Å². The number of allylic oxidation sites excluding steroid dienone is 11. The maximum atomic E-state index is 13.0. The standard InChI is InChI=1S/C60H105NO10/c1-3-5-7-9-11-13-15-16-17-22-25-28-32-36-40-44-48-56(65)69-49-45-41-37-33-29-26-23-20-18-19-21-24-27-31-35-39-43-47-55(64)61-52(51-70-60-59(68)58(67)57(66)54(50-62)71-60)53(63)46-42-38-34-30-14-12-10-8-6-4-2/h6,8,14,17-18,20,22,26,29-30,42,46,52-54,57-60,62-63,66-68H,3-5,7,9-13,15-16,19,21,23-25,27-28,31-41,43-45,47-51H2,1-2H3,(H,61,64)/b8-6+,20-18-,22-17-,29-26-,30-14+,46-42+. The summed E-state index contributed by atoms with van der Waals surface area (Å²) in [4.78, 5) is 25.0. The molecule has 7 atom stereocenters. The highest BCUT2D eigenvalue weighted by atomic mass is 16.7. The van der Waals surface area contributed by atoms with Crippen LogP contribution in [0.4, 0.5) is 0 Å². The molecule has 1 amide bonds. The predicted octanol–water partition coefficient (Wildman–Crippen LogP) is 12.8. The van der Waals surface area contributed by atoms with Crippen molar-refractivity contribution in [3.05, 3.63) is 72.9 Å². The highest BCUT2D eigenvalue weighted by Gasteiger charge is 2.44. The molecule has 0 spiro atoms. The van der Waals surface area contributed by atoms with Crippen LogP contribution in [0.5, 0.6) is 0 Å². The van der Waals surface area contributed by atoms with Gasteiger partial charge in [0.15, 0.2) is 6.29 Å². The van der Waals surface area contributed by atoms with Crippen molar-refractivity contribution in [3.8, 4) is 0 Å². The highest BCUT2D eigenvalue weighted by Crippen LogP contribution is 2.23. The molecule has 1 rings (SSSR count). The van der Waals surface area contributed by atoms with Crippen LogP contribution in [0, 0.1) is 0 Å². The van der Waals surface area contributed by atoms with E-state index in [1.807, 2.05) is 6.08 Å². The third-order valence-corrected chi connectivity index (χ3v) is 13.0. The SMILES string of the molecule is CC/C=C/CC/C=C/CC/C=C/C(O)C(COC1OC(CO)C(O)C(O)C1O)NC(=O)CCCCCCCCC/C=C\C/C=C\CCCCCOC(=O)CCCCCCC/C=C\CCCCCCCCC. The smallest absolute Gasteiger partial charge is 0.305 e. The molecule has 0 radical (unpaired) electrons. The fourth-order valence-electron chi connectivity index (χ4n) is 8.44. The number of unbranched alkanes of at least 4 members (excludes halogenated alkanes) is 24. The van der Waals surface area contributed by atoms with Crippen LogP contribution in [0.2, 0.25) is 0 Å². The number of amides is 1. The van der Waals surface area contributed by atoms with Gasteiger partial charge >= 0.3 is 5.97 Å². The van der Waals surface area contributed by atoms with E-state index in [0.29, 0.717) is 25.9 Å². The molecule has 0 bridgehead atoms. The Balaban J connectivity index is 2.10. The summed E-state index contributed by atoms with van der Waals surface area (Å²) in [6.07, 6.45) is 54.4. The van der Waals surface area contributed by atoms with Crippen LogP contribution in [-0.4, -0.2) is 100 Å². The Morgan fingerprint density at radius 3 is 1.55 bits per heavy atom. The number of aliphatic hydroxyl groups is 5. The molecule has 1 fully saturated rings. The summed E-state index contributed by atoms with van der Waals surface area (Å²) in [6.45, 7) is 4.12. The molecule has 71 heavy (non-hydrogen) atoms. The number of rotatable bonds is 48. The van der Waals surface area contributed by atoms with Gasteiger partial charge in [-0.2, -0.15) is 0 Å². The van der Waals surface area contributed by atoms with Crippen LogP contribution in [0.3, 0.4) is 0 Å². The van der Waals surface area contributed by atoms with E-state index in [2.05, 4.69) is 79.9 Å². The second-order valence-electron chi connectivity index (χ2n) is 19.6. The van der Waals surface area contributed by atoms with Crippen molar-refractivity contribution < 1.29 is 49.3 Å². The molecular formula is C60H105NO10. The first-order chi connectivity index (χ1) is 34.7. The molecule has 1 saturated heterocycles. The normalized spacial score (nSPS) is 19.7. The van der Waals surface area contributed by atoms with E-state index in [-0.39, 0.29) is 18.5 Å². The number of nitrogens with one attached hydrogen (secondary N) is 1. The summed E-state index contributed by atoms with van der Waals surface area (Å²) in [5.74, 6) is -0.259. The second kappa shape index (κ2) is 49.3. The van der Waals surface area contributed by atoms with Crippen molar-refractivity contribution >= 4 is 11.9 Å². The van der Waals surface area contributed by atoms with E-state index in [1.165, 1.54) is 96.3 Å². The molecule has 1 aliphatic rings. The minimum atomic E-state index is -1.59. The molecule has 7 unspecified atom stereocenters. The average Bonchev–Trinajstić information content (AvgIpc) is 3.37. The quantitative estimate of drug-likeness (QED) is 0.0196. The zero-order chi connectivity index (χ0) is 51.7. The summed E-state index contributed by atoms with van der Waals surface area (Å²) in [6, 6.07) is -0.847. The topological polar surface area (TPSA) is 175 Å². The van der Waals surface area contributed by atoms with E-state index in [4.69, 9.17) is 14.2 Å². The Morgan fingerprint density at radius 1 is 0.535 bits per heavy atom. The summed E-state index contributed by atoms with van der Waals surface area (Å²) < 4.78 is 16.6. The Bertz CT molecular complexity index is 1410. The minimum Gasteiger partial charge on any atom is -0.466 e. The Kier molecular flexibility index (Phi) is 45.9. The van der Waals surface area contributed by atoms with Crippen LogP contribution in [0.1, 0.15) is 232 Å². The van der Waals surface area contributed by atoms with E-state index in [9.17, 15) is 35.1 Å². The van der Waals surface area contributed by atoms with E-state index in [0.717, 1.165) is 103 Å². The first-order valence-corrected chi connectivity index (χ1v) is 28.7. The molecule has 0 aromatic rings. The second-order valence-corrected chi connectivity index (χ2v) is 19.6. The maximum Gasteiger partial charge on any atom is 0.305 e. The van der Waals surface area contributed by atoms with Crippen LogP contribution in [-0.2, 0) is 23.8 Å². The molecule has 0 aliphatic carbocycles. The number of aliphatic hydroxyl groups excluding tert-OH is 5. The zero-order valence-corrected chi connectivity index (χ0v) is 44.9. The maximum absolute atomic E-state index is 13.0. The van der Waals surface area contributed by atoms with Crippen LogP contribution >= 0.6 is 0 Å². The van der Waals surface area contributed by atoms with E-state index in [1.54, 1.807) is 6.08 Å². The van der Waals surface area contributed by atoms with E-state index < -0.39 is 49.5 Å². The zero-order valence-electron chi connectivity index (χ0n) is 44.9. The summed E-state index contributed by atoms with van der Waals surface area (Å²) >= 11 is 0. The van der Waals surface area contributed by atoms with Crippen LogP contribution in [0.15, 0.2) is 72.9 Å². The number of carbonyl (C=O) groups excluding carboxylic acids is 2. The van der Waals surface area contributed by atoms with Crippen molar-refractivity contribution in [3.63, 3.8) is 0 Å². The van der Waals surface area contributed by atoms with Gasteiger partial charge in [-0.3, -0.25) is 9.59 Å². The molecule has 0 saturated carbocycles. The van der Waals surface area contributed by atoms with Gasteiger partial charge in [0.2, 0.25) is 5.91 Å². The Hall–Kier alpha value is -2.90. The highest BCUT2D eigenvalue weighted by molar-refractivity contribution is 5.76. The number of hydrogen-bond acceptors (Lipinski definition) is 10.